The minimum atomic E-state index is 0.478. The summed E-state index contributed by atoms with van der Waals surface area (Å²) in [4.78, 5) is 8.92. The molecule has 0 bridgehead atoms. The Balaban J connectivity index is 1.05. The molecule has 2 heterocycles. The van der Waals surface area contributed by atoms with Crippen molar-refractivity contribution in [3.05, 3.63) is 95.6 Å². The fourth-order valence-corrected chi connectivity index (χ4v) is 4.74. The lowest BCUT2D eigenvalue weighted by atomic mass is 10.1. The first kappa shape index (κ1) is 28.8. The van der Waals surface area contributed by atoms with E-state index >= 15 is 0 Å². The molecule has 0 atom stereocenters. The summed E-state index contributed by atoms with van der Waals surface area (Å²) in [7, 11) is 0. The van der Waals surface area contributed by atoms with Crippen LogP contribution in [0.15, 0.2) is 61.7 Å². The van der Waals surface area contributed by atoms with Crippen molar-refractivity contribution in [1.82, 2.24) is 29.5 Å². The standard InChI is InChI=1S/C32H42N8/c1-3-25-15-19-27(20-16-25)23-39-31(33)35-29(37-39)13-11-9-7-5-6-8-10-12-14-30-36-32(34)40(38-30)24-28-21-17-26(4-2)18-22-28/h3-4,15-22H,1-2,5-14,23-24H2,(H2,33,35,37)(H2,34,36,38). The van der Waals surface area contributed by atoms with Gasteiger partial charge >= 0.3 is 0 Å². The normalized spacial score (nSPS) is 11.1. The number of benzene rings is 2. The topological polar surface area (TPSA) is 113 Å². The van der Waals surface area contributed by atoms with Gasteiger partial charge in [0.25, 0.3) is 0 Å². The van der Waals surface area contributed by atoms with E-state index in [0.717, 1.165) is 59.6 Å². The van der Waals surface area contributed by atoms with Crippen LogP contribution in [0.2, 0.25) is 0 Å². The first-order valence-electron chi connectivity index (χ1n) is 14.3. The maximum absolute atomic E-state index is 6.10. The minimum Gasteiger partial charge on any atom is -0.368 e. The molecule has 2 aromatic heterocycles. The van der Waals surface area contributed by atoms with Gasteiger partial charge in [-0.2, -0.15) is 20.2 Å². The number of hydrogen-bond donors (Lipinski definition) is 2. The maximum Gasteiger partial charge on any atom is 0.219 e. The third kappa shape index (κ3) is 8.66. The van der Waals surface area contributed by atoms with Crippen LogP contribution in [0.4, 0.5) is 11.9 Å². The number of nitrogens with zero attached hydrogens (tertiary/aromatic N) is 6. The van der Waals surface area contributed by atoms with Crippen LogP contribution in [0, 0.1) is 0 Å². The SMILES string of the molecule is C=Cc1ccc(Cn2nc(CCCCCCCCCCc3nc(N)n(Cc4ccc(C=C)cc4)n3)nc2N)cc1. The van der Waals surface area contributed by atoms with E-state index in [9.17, 15) is 0 Å². The van der Waals surface area contributed by atoms with Gasteiger partial charge in [-0.15, -0.1) is 0 Å². The molecule has 0 aliphatic heterocycles. The largest absolute Gasteiger partial charge is 0.368 e. The highest BCUT2D eigenvalue weighted by Gasteiger charge is 2.09. The Morgan fingerprint density at radius 2 is 0.900 bits per heavy atom. The van der Waals surface area contributed by atoms with E-state index in [4.69, 9.17) is 11.5 Å². The first-order chi connectivity index (χ1) is 19.5. The molecule has 0 radical (unpaired) electrons. The molecular formula is C32H42N8. The third-order valence-electron chi connectivity index (χ3n) is 7.13. The van der Waals surface area contributed by atoms with E-state index in [1.807, 2.05) is 36.4 Å². The summed E-state index contributed by atoms with van der Waals surface area (Å²) in [5.41, 5.74) is 16.7. The Kier molecular flexibility index (Phi) is 10.7. The van der Waals surface area contributed by atoms with Gasteiger partial charge in [0.1, 0.15) is 0 Å². The van der Waals surface area contributed by atoms with Gasteiger partial charge in [-0.05, 0) is 35.1 Å². The number of rotatable bonds is 17. The zero-order chi connectivity index (χ0) is 28.2. The van der Waals surface area contributed by atoms with Crippen LogP contribution in [-0.2, 0) is 25.9 Å². The number of unbranched alkanes of at least 4 members (excludes halogenated alkanes) is 7. The van der Waals surface area contributed by atoms with Crippen molar-refractivity contribution in [2.75, 3.05) is 11.5 Å². The van der Waals surface area contributed by atoms with Crippen LogP contribution in [0.3, 0.4) is 0 Å². The van der Waals surface area contributed by atoms with E-state index in [0.29, 0.717) is 25.0 Å². The fraction of sp³-hybridized carbons (Fsp3) is 0.375. The van der Waals surface area contributed by atoms with Crippen LogP contribution in [0.25, 0.3) is 12.2 Å². The average molecular weight is 539 g/mol. The molecule has 0 aliphatic rings. The summed E-state index contributed by atoms with van der Waals surface area (Å²) in [6, 6.07) is 16.5. The molecule has 210 valence electrons. The van der Waals surface area contributed by atoms with Crippen LogP contribution >= 0.6 is 0 Å². The maximum atomic E-state index is 6.10. The molecule has 0 unspecified atom stereocenters. The van der Waals surface area contributed by atoms with Gasteiger partial charge in [0, 0.05) is 12.8 Å². The predicted molar refractivity (Wildman–Crippen MR) is 164 cm³/mol. The molecule has 0 spiro atoms. The van der Waals surface area contributed by atoms with Crippen molar-refractivity contribution in [3.63, 3.8) is 0 Å². The molecule has 0 saturated heterocycles. The second kappa shape index (κ2) is 14.8. The Hall–Kier alpha value is -4.20. The molecule has 0 amide bonds. The minimum absolute atomic E-state index is 0.478. The smallest absolute Gasteiger partial charge is 0.219 e. The third-order valence-corrected chi connectivity index (χ3v) is 7.13. The lowest BCUT2D eigenvalue weighted by Crippen LogP contribution is -2.06. The zero-order valence-corrected chi connectivity index (χ0v) is 23.5. The number of aromatic nitrogens is 6. The molecule has 0 saturated carbocycles. The van der Waals surface area contributed by atoms with Crippen LogP contribution in [0.1, 0.15) is 85.3 Å². The van der Waals surface area contributed by atoms with Gasteiger partial charge in [0.2, 0.25) is 11.9 Å². The Morgan fingerprint density at radius 1 is 0.550 bits per heavy atom. The van der Waals surface area contributed by atoms with E-state index in [-0.39, 0.29) is 0 Å². The van der Waals surface area contributed by atoms with Gasteiger partial charge < -0.3 is 11.5 Å². The summed E-state index contributed by atoms with van der Waals surface area (Å²) >= 11 is 0. The quantitative estimate of drug-likeness (QED) is 0.152. The number of aryl methyl sites for hydroxylation is 2. The fourth-order valence-electron chi connectivity index (χ4n) is 4.74. The van der Waals surface area contributed by atoms with E-state index in [1.54, 1.807) is 9.36 Å². The van der Waals surface area contributed by atoms with Crippen molar-refractivity contribution in [3.8, 4) is 0 Å². The highest BCUT2D eigenvalue weighted by atomic mass is 15.4. The number of nitrogen functional groups attached to an aromatic ring is 2. The molecule has 0 fully saturated rings. The van der Waals surface area contributed by atoms with E-state index in [1.165, 1.54) is 38.5 Å². The molecular weight excluding hydrogens is 496 g/mol. The number of hydrogen-bond acceptors (Lipinski definition) is 6. The van der Waals surface area contributed by atoms with Crippen molar-refractivity contribution < 1.29 is 0 Å². The number of anilines is 2. The van der Waals surface area contributed by atoms with Crippen LogP contribution < -0.4 is 11.5 Å². The molecule has 4 aromatic rings. The molecule has 8 heteroatoms. The highest BCUT2D eigenvalue weighted by Crippen LogP contribution is 2.15. The summed E-state index contributed by atoms with van der Waals surface area (Å²) in [5.74, 6) is 2.63. The highest BCUT2D eigenvalue weighted by molar-refractivity contribution is 5.48. The van der Waals surface area contributed by atoms with Crippen LogP contribution in [0.5, 0.6) is 0 Å². The van der Waals surface area contributed by atoms with E-state index < -0.39 is 0 Å². The molecule has 2 aromatic carbocycles. The van der Waals surface area contributed by atoms with Gasteiger partial charge in [-0.3, -0.25) is 0 Å². The van der Waals surface area contributed by atoms with Crippen molar-refractivity contribution in [2.24, 2.45) is 0 Å². The predicted octanol–water partition coefficient (Wildman–Crippen LogP) is 6.32. The summed E-state index contributed by atoms with van der Waals surface area (Å²) < 4.78 is 3.57. The average Bonchev–Trinajstić information content (AvgIpc) is 3.50. The lowest BCUT2D eigenvalue weighted by Gasteiger charge is -2.03. The molecule has 4 rings (SSSR count). The van der Waals surface area contributed by atoms with Crippen molar-refractivity contribution >= 4 is 24.0 Å². The Bertz CT molecular complexity index is 1240. The van der Waals surface area contributed by atoms with Gasteiger partial charge in [-0.25, -0.2) is 9.36 Å². The zero-order valence-electron chi connectivity index (χ0n) is 23.5. The summed E-state index contributed by atoms with van der Waals surface area (Å²) in [6.07, 6.45) is 15.0. The monoisotopic (exact) mass is 538 g/mol. The summed E-state index contributed by atoms with van der Waals surface area (Å²) in [5, 5.41) is 9.22. The number of nitrogens with two attached hydrogens (primary N) is 2. The molecule has 40 heavy (non-hydrogen) atoms. The Labute approximate surface area is 237 Å². The Morgan fingerprint density at radius 3 is 1.25 bits per heavy atom. The first-order valence-corrected chi connectivity index (χ1v) is 14.3. The van der Waals surface area contributed by atoms with Crippen molar-refractivity contribution in [2.45, 2.75) is 77.3 Å². The molecule has 0 aliphatic carbocycles. The van der Waals surface area contributed by atoms with Crippen LogP contribution in [-0.4, -0.2) is 29.5 Å². The van der Waals surface area contributed by atoms with Crippen molar-refractivity contribution in [1.29, 1.82) is 0 Å². The van der Waals surface area contributed by atoms with E-state index in [2.05, 4.69) is 57.6 Å². The molecule has 8 nitrogen and oxygen atoms in total. The van der Waals surface area contributed by atoms with Gasteiger partial charge in [0.15, 0.2) is 11.6 Å². The second-order valence-electron chi connectivity index (χ2n) is 10.3. The summed E-state index contributed by atoms with van der Waals surface area (Å²) in [6.45, 7) is 8.85. The second-order valence-corrected chi connectivity index (χ2v) is 10.3. The van der Waals surface area contributed by atoms with Gasteiger partial charge in [-0.1, -0.05) is 112 Å². The molecule has 4 N–H and O–H groups in total. The lowest BCUT2D eigenvalue weighted by molar-refractivity contribution is 0.559. The van der Waals surface area contributed by atoms with Gasteiger partial charge in [0.05, 0.1) is 13.1 Å².